The van der Waals surface area contributed by atoms with Crippen molar-refractivity contribution in [2.75, 3.05) is 0 Å². The first-order valence-electron chi connectivity index (χ1n) is 7.21. The lowest BCUT2D eigenvalue weighted by molar-refractivity contribution is -0.139. The minimum Gasteiger partial charge on any atom is -0.331 e. The minimum atomic E-state index is -0.450. The van der Waals surface area contributed by atoms with E-state index >= 15 is 0 Å². The predicted octanol–water partition coefficient (Wildman–Crippen LogP) is 3.42. The van der Waals surface area contributed by atoms with Gasteiger partial charge in [0.05, 0.1) is 23.6 Å². The van der Waals surface area contributed by atoms with Crippen LogP contribution in [0.15, 0.2) is 30.7 Å². The standard InChI is InChI=1S/C16H17ClFN3O/c1-10(2)15-16(22)20(8-12-6-19-9-21(12)15)7-11-3-4-14(18)13(17)5-11/h3-6,9-10,15H,7-8H2,1-2H3. The van der Waals surface area contributed by atoms with Crippen molar-refractivity contribution in [3.63, 3.8) is 0 Å². The fraction of sp³-hybridized carbons (Fsp3) is 0.375. The second-order valence-corrected chi connectivity index (χ2v) is 6.33. The van der Waals surface area contributed by atoms with Crippen molar-refractivity contribution in [3.05, 3.63) is 52.8 Å². The van der Waals surface area contributed by atoms with Gasteiger partial charge in [0, 0.05) is 12.7 Å². The molecule has 2 aromatic rings. The Kier molecular flexibility index (Phi) is 3.91. The molecule has 4 nitrogen and oxygen atoms in total. The third kappa shape index (κ3) is 2.61. The van der Waals surface area contributed by atoms with E-state index in [4.69, 9.17) is 11.6 Å². The van der Waals surface area contributed by atoms with Crippen LogP contribution in [0.4, 0.5) is 4.39 Å². The molecule has 0 aliphatic carbocycles. The van der Waals surface area contributed by atoms with Crippen molar-refractivity contribution in [2.24, 2.45) is 5.92 Å². The molecule has 1 aliphatic rings. The third-order valence-corrected chi connectivity index (χ3v) is 4.24. The molecule has 0 radical (unpaired) electrons. The highest BCUT2D eigenvalue weighted by Crippen LogP contribution is 2.29. The van der Waals surface area contributed by atoms with Crippen LogP contribution in [-0.2, 0) is 17.9 Å². The summed E-state index contributed by atoms with van der Waals surface area (Å²) in [6, 6.07) is 4.31. The van der Waals surface area contributed by atoms with Gasteiger partial charge in [0.15, 0.2) is 0 Å². The lowest BCUT2D eigenvalue weighted by Gasteiger charge is -2.35. The maximum atomic E-state index is 13.3. The zero-order valence-corrected chi connectivity index (χ0v) is 13.2. The molecule has 116 valence electrons. The summed E-state index contributed by atoms with van der Waals surface area (Å²) in [6.45, 7) is 4.94. The summed E-state index contributed by atoms with van der Waals surface area (Å²) in [6.07, 6.45) is 3.50. The Labute approximate surface area is 133 Å². The van der Waals surface area contributed by atoms with E-state index in [0.717, 1.165) is 11.3 Å². The van der Waals surface area contributed by atoms with Crippen LogP contribution in [0.1, 0.15) is 31.1 Å². The number of rotatable bonds is 3. The number of imidazole rings is 1. The number of fused-ring (bicyclic) bond motifs is 1. The molecule has 0 spiro atoms. The van der Waals surface area contributed by atoms with Crippen LogP contribution < -0.4 is 0 Å². The average molecular weight is 322 g/mol. The van der Waals surface area contributed by atoms with Crippen LogP contribution in [0.2, 0.25) is 5.02 Å². The fourth-order valence-electron chi connectivity index (χ4n) is 2.88. The van der Waals surface area contributed by atoms with Gasteiger partial charge in [-0.05, 0) is 23.6 Å². The van der Waals surface area contributed by atoms with E-state index in [0.29, 0.717) is 13.1 Å². The summed E-state index contributed by atoms with van der Waals surface area (Å²) in [5.41, 5.74) is 1.82. The second-order valence-electron chi connectivity index (χ2n) is 5.92. The van der Waals surface area contributed by atoms with Crippen molar-refractivity contribution in [2.45, 2.75) is 33.0 Å². The van der Waals surface area contributed by atoms with Crippen LogP contribution in [0.5, 0.6) is 0 Å². The molecule has 3 rings (SSSR count). The van der Waals surface area contributed by atoms with Crippen molar-refractivity contribution >= 4 is 17.5 Å². The lowest BCUT2D eigenvalue weighted by Crippen LogP contribution is -2.43. The Morgan fingerprint density at radius 3 is 2.91 bits per heavy atom. The molecular weight excluding hydrogens is 305 g/mol. The Morgan fingerprint density at radius 2 is 2.23 bits per heavy atom. The maximum absolute atomic E-state index is 13.3. The van der Waals surface area contributed by atoms with Crippen LogP contribution in [-0.4, -0.2) is 20.4 Å². The first kappa shape index (κ1) is 15.0. The van der Waals surface area contributed by atoms with Gasteiger partial charge in [-0.2, -0.15) is 0 Å². The van der Waals surface area contributed by atoms with E-state index in [1.54, 1.807) is 29.6 Å². The molecule has 2 heterocycles. The molecule has 1 atom stereocenters. The number of hydrogen-bond donors (Lipinski definition) is 0. The minimum absolute atomic E-state index is 0.0564. The molecule has 0 N–H and O–H groups in total. The van der Waals surface area contributed by atoms with Gasteiger partial charge in [-0.15, -0.1) is 0 Å². The largest absolute Gasteiger partial charge is 0.331 e. The quantitative estimate of drug-likeness (QED) is 0.869. The lowest BCUT2D eigenvalue weighted by atomic mass is 9.99. The van der Waals surface area contributed by atoms with Gasteiger partial charge in [-0.1, -0.05) is 31.5 Å². The van der Waals surface area contributed by atoms with E-state index in [1.807, 2.05) is 18.4 Å². The SMILES string of the molecule is CC(C)C1C(=O)N(Cc2ccc(F)c(Cl)c2)Cc2cncn21. The van der Waals surface area contributed by atoms with Crippen molar-refractivity contribution in [1.82, 2.24) is 14.5 Å². The highest BCUT2D eigenvalue weighted by Gasteiger charge is 2.34. The van der Waals surface area contributed by atoms with Gasteiger partial charge >= 0.3 is 0 Å². The van der Waals surface area contributed by atoms with E-state index in [1.165, 1.54) is 6.07 Å². The van der Waals surface area contributed by atoms with Gasteiger partial charge in [-0.3, -0.25) is 4.79 Å². The molecule has 1 aromatic heterocycles. The van der Waals surface area contributed by atoms with Crippen LogP contribution >= 0.6 is 11.6 Å². The van der Waals surface area contributed by atoms with E-state index in [2.05, 4.69) is 4.98 Å². The molecule has 6 heteroatoms. The monoisotopic (exact) mass is 321 g/mol. The van der Waals surface area contributed by atoms with Gasteiger partial charge in [0.1, 0.15) is 11.9 Å². The van der Waals surface area contributed by atoms with Crippen molar-refractivity contribution in [3.8, 4) is 0 Å². The highest BCUT2D eigenvalue weighted by molar-refractivity contribution is 6.30. The normalized spacial score (nSPS) is 18.0. The van der Waals surface area contributed by atoms with Gasteiger partial charge in [0.25, 0.3) is 0 Å². The van der Waals surface area contributed by atoms with Gasteiger partial charge in [0.2, 0.25) is 5.91 Å². The Morgan fingerprint density at radius 1 is 1.45 bits per heavy atom. The number of carbonyl (C=O) groups is 1. The summed E-state index contributed by atoms with van der Waals surface area (Å²) < 4.78 is 15.2. The molecular formula is C16H17ClFN3O. The number of aromatic nitrogens is 2. The van der Waals surface area contributed by atoms with E-state index in [-0.39, 0.29) is 22.9 Å². The molecule has 0 bridgehead atoms. The zero-order valence-electron chi connectivity index (χ0n) is 12.5. The molecule has 1 unspecified atom stereocenters. The maximum Gasteiger partial charge on any atom is 0.246 e. The van der Waals surface area contributed by atoms with Crippen LogP contribution in [0.3, 0.4) is 0 Å². The fourth-order valence-corrected chi connectivity index (χ4v) is 3.09. The number of nitrogens with zero attached hydrogens (tertiary/aromatic N) is 3. The number of hydrogen-bond acceptors (Lipinski definition) is 2. The predicted molar refractivity (Wildman–Crippen MR) is 81.8 cm³/mol. The van der Waals surface area contributed by atoms with Crippen LogP contribution in [0, 0.1) is 11.7 Å². The Balaban J connectivity index is 1.88. The zero-order chi connectivity index (χ0) is 15.9. The Hall–Kier alpha value is -1.88. The number of amides is 1. The third-order valence-electron chi connectivity index (χ3n) is 3.95. The summed E-state index contributed by atoms with van der Waals surface area (Å²) >= 11 is 5.82. The topological polar surface area (TPSA) is 38.1 Å². The molecule has 22 heavy (non-hydrogen) atoms. The Bertz CT molecular complexity index is 713. The van der Waals surface area contributed by atoms with Gasteiger partial charge in [-0.25, -0.2) is 9.37 Å². The summed E-state index contributed by atoms with van der Waals surface area (Å²) in [5.74, 6) is -0.227. The average Bonchev–Trinajstić information content (AvgIpc) is 2.90. The first-order chi connectivity index (χ1) is 10.5. The molecule has 1 amide bonds. The number of halogens is 2. The molecule has 1 aromatic carbocycles. The number of carbonyl (C=O) groups excluding carboxylic acids is 1. The molecule has 1 aliphatic heterocycles. The number of benzene rings is 1. The molecule has 0 fully saturated rings. The molecule has 0 saturated heterocycles. The second kappa shape index (κ2) is 5.72. The van der Waals surface area contributed by atoms with Crippen molar-refractivity contribution in [1.29, 1.82) is 0 Å². The summed E-state index contributed by atoms with van der Waals surface area (Å²) in [4.78, 5) is 18.7. The van der Waals surface area contributed by atoms with E-state index < -0.39 is 5.82 Å². The highest BCUT2D eigenvalue weighted by atomic mass is 35.5. The van der Waals surface area contributed by atoms with E-state index in [9.17, 15) is 9.18 Å². The van der Waals surface area contributed by atoms with Gasteiger partial charge < -0.3 is 9.47 Å². The first-order valence-corrected chi connectivity index (χ1v) is 7.58. The smallest absolute Gasteiger partial charge is 0.246 e. The van der Waals surface area contributed by atoms with Crippen LogP contribution in [0.25, 0.3) is 0 Å². The summed E-state index contributed by atoms with van der Waals surface area (Å²) in [5, 5.41) is 0.0763. The molecule has 0 saturated carbocycles. The van der Waals surface area contributed by atoms with Crippen molar-refractivity contribution < 1.29 is 9.18 Å². The summed E-state index contributed by atoms with van der Waals surface area (Å²) in [7, 11) is 0.